The van der Waals surface area contributed by atoms with E-state index in [1.807, 2.05) is 42.5 Å². The maximum absolute atomic E-state index is 13.3. The van der Waals surface area contributed by atoms with E-state index >= 15 is 0 Å². The second-order valence-electron chi connectivity index (χ2n) is 9.17. The molecule has 2 aromatic heterocycles. The van der Waals surface area contributed by atoms with E-state index in [-0.39, 0.29) is 18.0 Å². The second-order valence-corrected chi connectivity index (χ2v) is 9.17. The highest BCUT2D eigenvalue weighted by Gasteiger charge is 2.62. The van der Waals surface area contributed by atoms with Crippen LogP contribution in [0.4, 0.5) is 8.78 Å². The predicted octanol–water partition coefficient (Wildman–Crippen LogP) is 4.16. The third-order valence-corrected chi connectivity index (χ3v) is 6.85. The highest BCUT2D eigenvalue weighted by molar-refractivity contribution is 5.84. The Bertz CT molecular complexity index is 1440. The van der Waals surface area contributed by atoms with Gasteiger partial charge in [0.2, 0.25) is 5.91 Å². The van der Waals surface area contributed by atoms with E-state index in [4.69, 9.17) is 4.42 Å². The van der Waals surface area contributed by atoms with Crippen LogP contribution < -0.4 is 5.69 Å². The fraction of sp³-hybridized carbons (Fsp3) is 0.320. The van der Waals surface area contributed by atoms with Gasteiger partial charge in [0.15, 0.2) is 5.82 Å². The Labute approximate surface area is 193 Å². The molecule has 1 amide bonds. The van der Waals surface area contributed by atoms with Gasteiger partial charge in [-0.25, -0.2) is 18.7 Å². The summed E-state index contributed by atoms with van der Waals surface area (Å²) in [4.78, 5) is 26.3. The molecule has 34 heavy (non-hydrogen) atoms. The van der Waals surface area contributed by atoms with Crippen LogP contribution in [0.25, 0.3) is 33.5 Å². The Hall–Kier alpha value is -3.75. The van der Waals surface area contributed by atoms with Gasteiger partial charge in [-0.2, -0.15) is 5.10 Å². The number of carbonyl (C=O) groups is 1. The molecule has 1 aliphatic carbocycles. The van der Waals surface area contributed by atoms with Crippen molar-refractivity contribution in [2.45, 2.75) is 25.3 Å². The average molecular weight is 464 g/mol. The molecule has 174 valence electrons. The van der Waals surface area contributed by atoms with E-state index in [2.05, 4.69) is 16.3 Å². The number of aromatic amines is 1. The van der Waals surface area contributed by atoms with Gasteiger partial charge in [0, 0.05) is 37.0 Å². The van der Waals surface area contributed by atoms with E-state index in [1.54, 1.807) is 10.8 Å². The number of rotatable bonds is 5. The van der Waals surface area contributed by atoms with E-state index in [0.717, 1.165) is 27.7 Å². The van der Waals surface area contributed by atoms with Crippen molar-refractivity contribution in [3.63, 3.8) is 0 Å². The summed E-state index contributed by atoms with van der Waals surface area (Å²) in [5.74, 6) is -3.99. The first kappa shape index (κ1) is 20.8. The zero-order valence-electron chi connectivity index (χ0n) is 18.2. The van der Waals surface area contributed by atoms with E-state index in [1.165, 1.54) is 4.90 Å². The number of H-pyrrole nitrogens is 1. The van der Waals surface area contributed by atoms with Crippen molar-refractivity contribution in [3.8, 4) is 22.5 Å². The maximum Gasteiger partial charge on any atom is 0.343 e. The summed E-state index contributed by atoms with van der Waals surface area (Å²) in [7, 11) is 0. The zero-order chi connectivity index (χ0) is 23.4. The van der Waals surface area contributed by atoms with Crippen molar-refractivity contribution in [1.29, 1.82) is 0 Å². The normalized spacial score (nSPS) is 21.3. The van der Waals surface area contributed by atoms with Crippen LogP contribution in [0.2, 0.25) is 0 Å². The molecule has 0 radical (unpaired) electrons. The van der Waals surface area contributed by atoms with Crippen molar-refractivity contribution in [1.82, 2.24) is 19.7 Å². The lowest BCUT2D eigenvalue weighted by Crippen LogP contribution is -2.32. The first-order valence-electron chi connectivity index (χ1n) is 11.3. The Kier molecular flexibility index (Phi) is 4.68. The third kappa shape index (κ3) is 3.61. The predicted molar refractivity (Wildman–Crippen MR) is 121 cm³/mol. The maximum atomic E-state index is 13.3. The van der Waals surface area contributed by atoms with Crippen LogP contribution in [0.1, 0.15) is 12.8 Å². The lowest BCUT2D eigenvalue weighted by atomic mass is 10.0. The van der Waals surface area contributed by atoms with Crippen LogP contribution in [-0.4, -0.2) is 44.6 Å². The summed E-state index contributed by atoms with van der Waals surface area (Å²) in [6.07, 6.45) is 1.97. The summed E-state index contributed by atoms with van der Waals surface area (Å²) in [5.41, 5.74) is 3.37. The first-order valence-corrected chi connectivity index (χ1v) is 11.3. The number of furan rings is 1. The Balaban J connectivity index is 1.19. The van der Waals surface area contributed by atoms with E-state index in [0.29, 0.717) is 31.9 Å². The molecule has 3 heterocycles. The molecule has 1 saturated heterocycles. The van der Waals surface area contributed by atoms with Crippen molar-refractivity contribution in [2.24, 2.45) is 11.8 Å². The van der Waals surface area contributed by atoms with Crippen LogP contribution >= 0.6 is 0 Å². The number of nitrogens with zero attached hydrogens (tertiary/aromatic N) is 3. The van der Waals surface area contributed by atoms with E-state index < -0.39 is 17.7 Å². The van der Waals surface area contributed by atoms with Gasteiger partial charge in [-0.3, -0.25) is 9.36 Å². The lowest BCUT2D eigenvalue weighted by Gasteiger charge is -2.17. The molecule has 6 rings (SSSR count). The highest BCUT2D eigenvalue weighted by Crippen LogP contribution is 2.50. The minimum Gasteiger partial charge on any atom is -0.464 e. The van der Waals surface area contributed by atoms with Crippen LogP contribution in [0.5, 0.6) is 0 Å². The summed E-state index contributed by atoms with van der Waals surface area (Å²) < 4.78 is 33.5. The number of halogens is 2. The van der Waals surface area contributed by atoms with Crippen LogP contribution in [0.15, 0.2) is 64.0 Å². The highest BCUT2D eigenvalue weighted by atomic mass is 19.3. The summed E-state index contributed by atoms with van der Waals surface area (Å²) in [5, 5.41) is 7.75. The summed E-state index contributed by atoms with van der Waals surface area (Å²) in [6, 6.07) is 15.7. The molecule has 0 spiro atoms. The molecular formula is C25H22F2N4O3. The standard InChI is InChI=1S/C25H22F2N4O3/c26-25(27)12-20(25)23(32)30-9-7-15(13-30)14-31-22(28-29-24(31)33)17-3-1-16(2-4-17)18-5-6-21-19(11-18)8-10-34-21/h1-6,8,10-11,15,20H,7,9,12-14H2,(H,29,33)/t15-,20?/m1/s1. The number of fused-ring (bicyclic) bond motifs is 1. The molecule has 1 saturated carbocycles. The van der Waals surface area contributed by atoms with Gasteiger partial charge in [-0.05, 0) is 41.7 Å². The Morgan fingerprint density at radius 3 is 2.62 bits per heavy atom. The van der Waals surface area contributed by atoms with Crippen LogP contribution in [0, 0.1) is 11.8 Å². The number of carbonyl (C=O) groups excluding carboxylic acids is 1. The first-order chi connectivity index (χ1) is 16.4. The minimum atomic E-state index is -2.86. The van der Waals surface area contributed by atoms with Crippen molar-refractivity contribution in [3.05, 3.63) is 65.3 Å². The van der Waals surface area contributed by atoms with Crippen LogP contribution in [0.3, 0.4) is 0 Å². The van der Waals surface area contributed by atoms with Gasteiger partial charge in [0.25, 0.3) is 5.92 Å². The molecule has 2 atom stereocenters. The number of amides is 1. The number of nitrogens with one attached hydrogen (secondary N) is 1. The number of likely N-dealkylation sites (tertiary alicyclic amines) is 1. The lowest BCUT2D eigenvalue weighted by molar-refractivity contribution is -0.133. The molecule has 7 nitrogen and oxygen atoms in total. The molecular weight excluding hydrogens is 442 g/mol. The third-order valence-electron chi connectivity index (χ3n) is 6.85. The fourth-order valence-corrected chi connectivity index (χ4v) is 4.81. The minimum absolute atomic E-state index is 0.00586. The number of aromatic nitrogens is 3. The molecule has 2 fully saturated rings. The van der Waals surface area contributed by atoms with Crippen molar-refractivity contribution < 1.29 is 18.0 Å². The van der Waals surface area contributed by atoms with Gasteiger partial charge in [0.05, 0.1) is 6.26 Å². The smallest absolute Gasteiger partial charge is 0.343 e. The van der Waals surface area contributed by atoms with Crippen molar-refractivity contribution in [2.75, 3.05) is 13.1 Å². The van der Waals surface area contributed by atoms with Gasteiger partial charge in [-0.1, -0.05) is 30.3 Å². The SMILES string of the molecule is O=C(C1CC1(F)F)N1CC[C@@H](Cn2c(-c3ccc(-c4ccc5occc5c4)cc3)n[nH]c2=O)C1. The zero-order valence-corrected chi connectivity index (χ0v) is 18.2. The number of benzene rings is 2. The molecule has 9 heteroatoms. The molecule has 4 aromatic rings. The topological polar surface area (TPSA) is 84.1 Å². The molecule has 2 aromatic carbocycles. The Morgan fingerprint density at radius 1 is 1.12 bits per heavy atom. The number of alkyl halides is 2. The van der Waals surface area contributed by atoms with Gasteiger partial charge >= 0.3 is 5.69 Å². The molecule has 2 aliphatic rings. The Morgan fingerprint density at radius 2 is 1.85 bits per heavy atom. The quantitative estimate of drug-likeness (QED) is 0.481. The molecule has 0 bridgehead atoms. The second kappa shape index (κ2) is 7.65. The molecule has 1 N–H and O–H groups in total. The monoisotopic (exact) mass is 464 g/mol. The average Bonchev–Trinajstić information content (AvgIpc) is 3.29. The van der Waals surface area contributed by atoms with Gasteiger partial charge in [-0.15, -0.1) is 0 Å². The van der Waals surface area contributed by atoms with Gasteiger partial charge < -0.3 is 9.32 Å². The largest absolute Gasteiger partial charge is 0.464 e. The van der Waals surface area contributed by atoms with Crippen LogP contribution in [-0.2, 0) is 11.3 Å². The number of hydrogen-bond donors (Lipinski definition) is 1. The molecule has 1 unspecified atom stereocenters. The molecule has 1 aliphatic heterocycles. The van der Waals surface area contributed by atoms with E-state index in [9.17, 15) is 18.4 Å². The number of hydrogen-bond acceptors (Lipinski definition) is 4. The summed E-state index contributed by atoms with van der Waals surface area (Å²) in [6.45, 7) is 1.18. The van der Waals surface area contributed by atoms with Gasteiger partial charge in [0.1, 0.15) is 11.5 Å². The fourth-order valence-electron chi connectivity index (χ4n) is 4.81. The van der Waals surface area contributed by atoms with Crippen molar-refractivity contribution >= 4 is 16.9 Å². The summed E-state index contributed by atoms with van der Waals surface area (Å²) >= 11 is 0.